The molecule has 2 bridgehead atoms. The third kappa shape index (κ3) is 3.65. The minimum Gasteiger partial charge on any atom is -0.348 e. The maximum absolute atomic E-state index is 12.8. The first-order valence-electron chi connectivity index (χ1n) is 9.41. The van der Waals surface area contributed by atoms with Crippen LogP contribution in [0.5, 0.6) is 0 Å². The minimum atomic E-state index is -0.0175. The zero-order chi connectivity index (χ0) is 17.0. The summed E-state index contributed by atoms with van der Waals surface area (Å²) in [6, 6.07) is 6.07. The summed E-state index contributed by atoms with van der Waals surface area (Å²) in [4.78, 5) is 19.9. The Balaban J connectivity index is 0.00000105. The lowest BCUT2D eigenvalue weighted by atomic mass is 9.84. The molecule has 4 atom stereocenters. The summed E-state index contributed by atoms with van der Waals surface area (Å²) in [5.74, 6) is 1.11. The molecule has 27 heavy (non-hydrogen) atoms. The van der Waals surface area contributed by atoms with Gasteiger partial charge in [0, 0.05) is 24.8 Å². The number of hydrogen-bond acceptors (Lipinski definition) is 5. The average molecular weight is 429 g/mol. The number of fused-ring (bicyclic) bond motifs is 3. The van der Waals surface area contributed by atoms with E-state index < -0.39 is 0 Å². The van der Waals surface area contributed by atoms with Gasteiger partial charge in [0.2, 0.25) is 5.91 Å². The number of carbonyl (C=O) groups is 1. The Labute approximate surface area is 175 Å². The van der Waals surface area contributed by atoms with Gasteiger partial charge >= 0.3 is 0 Å². The molecule has 3 fully saturated rings. The predicted molar refractivity (Wildman–Crippen MR) is 116 cm³/mol. The molecule has 1 aromatic carbocycles. The Hall–Kier alpha value is -1.08. The maximum atomic E-state index is 12.8. The summed E-state index contributed by atoms with van der Waals surface area (Å²) < 4.78 is 1.14. The van der Waals surface area contributed by atoms with E-state index in [1.54, 1.807) is 11.3 Å². The second-order valence-electron chi connectivity index (χ2n) is 7.80. The molecule has 2 heterocycles. The minimum absolute atomic E-state index is 0. The molecular weight excluding hydrogens is 403 g/mol. The normalized spacial score (nSPS) is 28.9. The maximum Gasteiger partial charge on any atom is 0.229 e. The van der Waals surface area contributed by atoms with Crippen molar-refractivity contribution in [3.05, 3.63) is 18.2 Å². The number of nitrogens with one attached hydrogen (secondary N) is 1. The van der Waals surface area contributed by atoms with Gasteiger partial charge in [-0.25, -0.2) is 4.98 Å². The number of nitrogens with zero attached hydrogens (tertiary/aromatic N) is 2. The number of benzene rings is 1. The molecule has 1 amide bonds. The van der Waals surface area contributed by atoms with E-state index in [1.807, 2.05) is 12.1 Å². The van der Waals surface area contributed by atoms with Crippen molar-refractivity contribution in [3.63, 3.8) is 0 Å². The predicted octanol–water partition coefficient (Wildman–Crippen LogP) is 4.05. The molecule has 5 rings (SSSR count). The zero-order valence-corrected chi connectivity index (χ0v) is 17.5. The van der Waals surface area contributed by atoms with E-state index in [0.717, 1.165) is 47.0 Å². The van der Waals surface area contributed by atoms with Crippen LogP contribution in [0.25, 0.3) is 10.2 Å². The number of nitrogens with two attached hydrogens (primary N) is 1. The van der Waals surface area contributed by atoms with Gasteiger partial charge in [-0.1, -0.05) is 11.3 Å². The van der Waals surface area contributed by atoms with Crippen LogP contribution in [0.2, 0.25) is 0 Å². The smallest absolute Gasteiger partial charge is 0.229 e. The molecule has 2 aliphatic carbocycles. The highest BCUT2D eigenvalue weighted by atomic mass is 35.5. The summed E-state index contributed by atoms with van der Waals surface area (Å²) >= 11 is 1.72. The number of hydrogen-bond donors (Lipinski definition) is 2. The van der Waals surface area contributed by atoms with Crippen molar-refractivity contribution in [1.29, 1.82) is 0 Å². The van der Waals surface area contributed by atoms with Crippen LogP contribution in [-0.4, -0.2) is 30.0 Å². The molecule has 2 saturated carbocycles. The highest BCUT2D eigenvalue weighted by molar-refractivity contribution is 7.22. The molecule has 0 radical (unpaired) electrons. The average Bonchev–Trinajstić information content (AvgIpc) is 3.37. The van der Waals surface area contributed by atoms with E-state index in [-0.39, 0.29) is 42.7 Å². The van der Waals surface area contributed by atoms with Crippen molar-refractivity contribution in [2.24, 2.45) is 23.5 Å². The fourth-order valence-corrected chi connectivity index (χ4v) is 6.04. The van der Waals surface area contributed by atoms with Gasteiger partial charge < -0.3 is 16.0 Å². The molecular formula is C19H26Cl2N4OS. The molecule has 148 valence electrons. The van der Waals surface area contributed by atoms with Crippen LogP contribution >= 0.6 is 36.2 Å². The van der Waals surface area contributed by atoms with Crippen LogP contribution < -0.4 is 16.0 Å². The van der Waals surface area contributed by atoms with Gasteiger partial charge in [-0.3, -0.25) is 4.79 Å². The van der Waals surface area contributed by atoms with Gasteiger partial charge in [0.05, 0.1) is 16.1 Å². The Kier molecular flexibility index (Phi) is 6.21. The highest BCUT2D eigenvalue weighted by Gasteiger charge is 2.49. The summed E-state index contributed by atoms with van der Waals surface area (Å²) in [5, 5.41) is 4.22. The first-order valence-corrected chi connectivity index (χ1v) is 10.2. The third-order valence-corrected chi connectivity index (χ3v) is 7.38. The molecule has 8 heteroatoms. The second kappa shape index (κ2) is 8.11. The number of amides is 1. The van der Waals surface area contributed by atoms with Crippen LogP contribution in [0.1, 0.15) is 32.1 Å². The topological polar surface area (TPSA) is 71.2 Å². The zero-order valence-electron chi connectivity index (χ0n) is 15.1. The molecule has 0 spiro atoms. The van der Waals surface area contributed by atoms with Crippen molar-refractivity contribution >= 4 is 63.1 Å². The Morgan fingerprint density at radius 2 is 1.93 bits per heavy atom. The number of thiazole rings is 1. The van der Waals surface area contributed by atoms with E-state index in [2.05, 4.69) is 16.3 Å². The standard InChI is InChI=1S/C19H24N4OS.2ClH/c20-17-12-4-3-11(9-12)16(17)18(24)21-13-5-6-14-15(10-13)25-19(22-14)23-7-1-2-8-23;;/h5-6,10-12,16-17H,1-4,7-9,20H2,(H,21,24);2*1H. The van der Waals surface area contributed by atoms with E-state index in [4.69, 9.17) is 10.7 Å². The summed E-state index contributed by atoms with van der Waals surface area (Å²) in [6.07, 6.45) is 5.99. The molecule has 5 nitrogen and oxygen atoms in total. The molecule has 1 aliphatic heterocycles. The lowest BCUT2D eigenvalue weighted by Gasteiger charge is -2.27. The largest absolute Gasteiger partial charge is 0.348 e. The van der Waals surface area contributed by atoms with Crippen molar-refractivity contribution in [2.45, 2.75) is 38.1 Å². The fourth-order valence-electron chi connectivity index (χ4n) is 4.98. The summed E-state index contributed by atoms with van der Waals surface area (Å²) in [6.45, 7) is 2.21. The van der Waals surface area contributed by atoms with Crippen LogP contribution in [-0.2, 0) is 4.79 Å². The number of halogens is 2. The molecule has 1 saturated heterocycles. The van der Waals surface area contributed by atoms with E-state index in [1.165, 1.54) is 19.3 Å². The van der Waals surface area contributed by atoms with Gasteiger partial charge in [0.15, 0.2) is 5.13 Å². The first-order chi connectivity index (χ1) is 12.2. The Morgan fingerprint density at radius 3 is 2.63 bits per heavy atom. The summed E-state index contributed by atoms with van der Waals surface area (Å²) in [7, 11) is 0. The SMILES string of the molecule is Cl.Cl.NC1C2CCC(C2)C1C(=O)Nc1ccc2nc(N3CCCC3)sc2c1. The van der Waals surface area contributed by atoms with E-state index >= 15 is 0 Å². The van der Waals surface area contributed by atoms with E-state index in [9.17, 15) is 4.79 Å². The molecule has 2 aromatic rings. The number of aromatic nitrogens is 1. The monoisotopic (exact) mass is 428 g/mol. The molecule has 1 aromatic heterocycles. The van der Waals surface area contributed by atoms with Crippen LogP contribution in [0, 0.1) is 17.8 Å². The lowest BCUT2D eigenvalue weighted by molar-refractivity contribution is -0.121. The highest BCUT2D eigenvalue weighted by Crippen LogP contribution is 2.48. The van der Waals surface area contributed by atoms with Crippen LogP contribution in [0.15, 0.2) is 18.2 Å². The Bertz CT molecular complexity index is 821. The lowest BCUT2D eigenvalue weighted by Crippen LogP contribution is -2.42. The van der Waals surface area contributed by atoms with Crippen LogP contribution in [0.4, 0.5) is 10.8 Å². The number of carbonyl (C=O) groups excluding carboxylic acids is 1. The number of anilines is 2. The fraction of sp³-hybridized carbons (Fsp3) is 0.579. The van der Waals surface area contributed by atoms with Crippen molar-refractivity contribution in [3.8, 4) is 0 Å². The van der Waals surface area contributed by atoms with Crippen molar-refractivity contribution in [1.82, 2.24) is 4.98 Å². The van der Waals surface area contributed by atoms with Gasteiger partial charge in [0.1, 0.15) is 0 Å². The van der Waals surface area contributed by atoms with Gasteiger partial charge in [-0.2, -0.15) is 0 Å². The van der Waals surface area contributed by atoms with Crippen molar-refractivity contribution < 1.29 is 4.79 Å². The molecule has 3 N–H and O–H groups in total. The van der Waals surface area contributed by atoms with Gasteiger partial charge in [-0.05, 0) is 62.1 Å². The molecule has 4 unspecified atom stereocenters. The van der Waals surface area contributed by atoms with Gasteiger partial charge in [-0.15, -0.1) is 24.8 Å². The van der Waals surface area contributed by atoms with Crippen molar-refractivity contribution in [2.75, 3.05) is 23.3 Å². The van der Waals surface area contributed by atoms with Gasteiger partial charge in [0.25, 0.3) is 0 Å². The van der Waals surface area contributed by atoms with E-state index in [0.29, 0.717) is 11.8 Å². The summed E-state index contributed by atoms with van der Waals surface area (Å²) in [5.41, 5.74) is 8.19. The second-order valence-corrected chi connectivity index (χ2v) is 8.81. The third-order valence-electron chi connectivity index (χ3n) is 6.30. The Morgan fingerprint density at radius 1 is 1.19 bits per heavy atom. The quantitative estimate of drug-likeness (QED) is 0.772. The first kappa shape index (κ1) is 20.6. The molecule has 3 aliphatic rings. The number of rotatable bonds is 3. The van der Waals surface area contributed by atoms with Crippen LogP contribution in [0.3, 0.4) is 0 Å².